The molecule has 0 amide bonds. The summed E-state index contributed by atoms with van der Waals surface area (Å²) < 4.78 is 30.0. The highest BCUT2D eigenvalue weighted by molar-refractivity contribution is 7.86. The fourth-order valence-corrected chi connectivity index (χ4v) is 3.19. The molecule has 2 rings (SSSR count). The van der Waals surface area contributed by atoms with E-state index in [1.165, 1.54) is 12.1 Å². The van der Waals surface area contributed by atoms with E-state index in [1.807, 2.05) is 0 Å². The average molecular weight is 308 g/mol. The van der Waals surface area contributed by atoms with Crippen LogP contribution in [-0.4, -0.2) is 44.4 Å². The quantitative estimate of drug-likeness (QED) is 0.449. The summed E-state index contributed by atoms with van der Waals surface area (Å²) in [5.74, 6) is 0. The Bertz CT molecular complexity index is 669. The smallest absolute Gasteiger partial charge is 0.301 e. The van der Waals surface area contributed by atoms with Gasteiger partial charge in [0.15, 0.2) is 6.29 Å². The van der Waals surface area contributed by atoms with Crippen molar-refractivity contribution in [2.24, 2.45) is 0 Å². The SMILES string of the molecule is C=CCN1C=CN(C)C1OS(=O)(=O)c1ccccc1C=O. The van der Waals surface area contributed by atoms with Crippen LogP contribution in [0, 0.1) is 0 Å². The van der Waals surface area contributed by atoms with Crippen LogP contribution in [0.2, 0.25) is 0 Å². The van der Waals surface area contributed by atoms with Crippen LogP contribution in [0.5, 0.6) is 0 Å². The number of hydrogen-bond acceptors (Lipinski definition) is 6. The Kier molecular flexibility index (Phi) is 4.44. The molecule has 1 aromatic rings. The third-order valence-electron chi connectivity index (χ3n) is 2.99. The van der Waals surface area contributed by atoms with Gasteiger partial charge in [-0.3, -0.25) is 4.79 Å². The number of nitrogens with zero attached hydrogens (tertiary/aromatic N) is 2. The Labute approximate surface area is 124 Å². The lowest BCUT2D eigenvalue weighted by atomic mass is 10.2. The third-order valence-corrected chi connectivity index (χ3v) is 4.33. The van der Waals surface area contributed by atoms with Gasteiger partial charge in [-0.1, -0.05) is 24.3 Å². The second-order valence-corrected chi connectivity index (χ2v) is 6.02. The molecule has 0 spiro atoms. The Morgan fingerprint density at radius 2 is 2.05 bits per heavy atom. The van der Waals surface area contributed by atoms with Crippen LogP contribution in [-0.2, 0) is 14.3 Å². The zero-order valence-corrected chi connectivity index (χ0v) is 12.4. The summed E-state index contributed by atoms with van der Waals surface area (Å²) >= 11 is 0. The maximum atomic E-state index is 12.4. The first-order chi connectivity index (χ1) is 9.99. The summed E-state index contributed by atoms with van der Waals surface area (Å²) in [7, 11) is -2.36. The van der Waals surface area contributed by atoms with Gasteiger partial charge in [0, 0.05) is 31.6 Å². The maximum absolute atomic E-state index is 12.4. The highest BCUT2D eigenvalue weighted by atomic mass is 32.2. The molecule has 0 fully saturated rings. The van der Waals surface area contributed by atoms with Gasteiger partial charge in [-0.05, 0) is 6.07 Å². The Balaban J connectivity index is 2.28. The number of rotatable bonds is 6. The van der Waals surface area contributed by atoms with Crippen LogP contribution in [0.1, 0.15) is 10.4 Å². The van der Waals surface area contributed by atoms with Gasteiger partial charge in [0.2, 0.25) is 6.35 Å². The van der Waals surface area contributed by atoms with Gasteiger partial charge in [0.1, 0.15) is 4.90 Å². The van der Waals surface area contributed by atoms with Crippen LogP contribution >= 0.6 is 0 Å². The largest absolute Gasteiger partial charge is 0.336 e. The zero-order chi connectivity index (χ0) is 15.5. The van der Waals surface area contributed by atoms with E-state index in [0.29, 0.717) is 12.8 Å². The number of carbonyl (C=O) groups excluding carboxylic acids is 1. The highest BCUT2D eigenvalue weighted by Gasteiger charge is 2.31. The molecule has 112 valence electrons. The number of carbonyl (C=O) groups is 1. The summed E-state index contributed by atoms with van der Waals surface area (Å²) in [4.78, 5) is 14.1. The number of aldehydes is 1. The minimum absolute atomic E-state index is 0.0707. The van der Waals surface area contributed by atoms with E-state index >= 15 is 0 Å². The molecule has 0 aromatic heterocycles. The predicted molar refractivity (Wildman–Crippen MR) is 77.7 cm³/mol. The Hall–Kier alpha value is -2.12. The molecule has 1 atom stereocenters. The standard InChI is InChI=1S/C14H16N2O4S/c1-3-8-16-10-9-15(2)14(16)20-21(18,19)13-7-5-4-6-12(13)11-17/h3-7,9-11,14H,1,8H2,2H3. The summed E-state index contributed by atoms with van der Waals surface area (Å²) in [6.45, 7) is 4.06. The first-order valence-corrected chi connectivity index (χ1v) is 7.65. The molecule has 7 heteroatoms. The first kappa shape index (κ1) is 15.3. The van der Waals surface area contributed by atoms with Crippen molar-refractivity contribution in [2.75, 3.05) is 13.6 Å². The van der Waals surface area contributed by atoms with Crippen molar-refractivity contribution >= 4 is 16.4 Å². The summed E-state index contributed by atoms with van der Waals surface area (Å²) in [6.07, 6.45) is 4.76. The van der Waals surface area contributed by atoms with Crippen LogP contribution in [0.4, 0.5) is 0 Å². The van der Waals surface area contributed by atoms with E-state index < -0.39 is 16.5 Å². The minimum Gasteiger partial charge on any atom is -0.336 e. The molecule has 1 unspecified atom stereocenters. The van der Waals surface area contributed by atoms with Gasteiger partial charge < -0.3 is 9.80 Å². The van der Waals surface area contributed by atoms with Gasteiger partial charge in [-0.2, -0.15) is 8.42 Å². The van der Waals surface area contributed by atoms with Crippen molar-refractivity contribution < 1.29 is 17.4 Å². The monoisotopic (exact) mass is 308 g/mol. The van der Waals surface area contributed by atoms with Crippen molar-refractivity contribution in [3.05, 3.63) is 54.9 Å². The van der Waals surface area contributed by atoms with Crippen molar-refractivity contribution in [1.29, 1.82) is 0 Å². The Morgan fingerprint density at radius 3 is 2.71 bits per heavy atom. The van der Waals surface area contributed by atoms with Gasteiger partial charge in [-0.15, -0.1) is 6.58 Å². The van der Waals surface area contributed by atoms with E-state index in [0.717, 1.165) is 0 Å². The molecule has 0 N–H and O–H groups in total. The molecule has 1 aliphatic heterocycles. The molecule has 0 bridgehead atoms. The molecule has 0 saturated carbocycles. The third kappa shape index (κ3) is 3.14. The van der Waals surface area contributed by atoms with Crippen LogP contribution in [0.25, 0.3) is 0 Å². The fraction of sp³-hybridized carbons (Fsp3) is 0.214. The molecule has 1 aliphatic rings. The van der Waals surface area contributed by atoms with Crippen molar-refractivity contribution in [3.8, 4) is 0 Å². The Morgan fingerprint density at radius 1 is 1.33 bits per heavy atom. The van der Waals surface area contributed by atoms with Gasteiger partial charge >= 0.3 is 10.1 Å². The normalized spacial score (nSPS) is 18.0. The molecular weight excluding hydrogens is 292 g/mol. The molecule has 21 heavy (non-hydrogen) atoms. The number of benzene rings is 1. The van der Waals surface area contributed by atoms with E-state index in [4.69, 9.17) is 4.18 Å². The van der Waals surface area contributed by atoms with E-state index in [2.05, 4.69) is 6.58 Å². The first-order valence-electron chi connectivity index (χ1n) is 6.24. The van der Waals surface area contributed by atoms with Crippen LogP contribution in [0.15, 0.2) is 54.2 Å². The molecule has 0 aliphatic carbocycles. The van der Waals surface area contributed by atoms with Crippen LogP contribution < -0.4 is 0 Å². The molecule has 6 nitrogen and oxygen atoms in total. The zero-order valence-electron chi connectivity index (χ0n) is 11.5. The molecule has 0 radical (unpaired) electrons. The lowest BCUT2D eigenvalue weighted by Crippen LogP contribution is -2.40. The molecule has 1 aromatic carbocycles. The summed E-state index contributed by atoms with van der Waals surface area (Å²) in [6, 6.07) is 5.91. The van der Waals surface area contributed by atoms with Crippen molar-refractivity contribution in [1.82, 2.24) is 9.80 Å². The topological polar surface area (TPSA) is 66.9 Å². The van der Waals surface area contributed by atoms with Crippen molar-refractivity contribution in [3.63, 3.8) is 0 Å². The molecule has 0 saturated heterocycles. The highest BCUT2D eigenvalue weighted by Crippen LogP contribution is 2.23. The van der Waals surface area contributed by atoms with E-state index in [9.17, 15) is 13.2 Å². The minimum atomic E-state index is -4.06. The lowest BCUT2D eigenvalue weighted by molar-refractivity contribution is -0.00264. The van der Waals surface area contributed by atoms with Gasteiger partial charge in [0.25, 0.3) is 0 Å². The fourth-order valence-electron chi connectivity index (χ4n) is 1.97. The molecule has 1 heterocycles. The second kappa shape index (κ2) is 6.11. The summed E-state index contributed by atoms with van der Waals surface area (Å²) in [5, 5.41) is 0. The average Bonchev–Trinajstić information content (AvgIpc) is 2.80. The lowest BCUT2D eigenvalue weighted by Gasteiger charge is -2.28. The van der Waals surface area contributed by atoms with E-state index in [1.54, 1.807) is 47.5 Å². The molecular formula is C14H16N2O4S. The summed E-state index contributed by atoms with van der Waals surface area (Å²) in [5.41, 5.74) is 0.0707. The van der Waals surface area contributed by atoms with Gasteiger partial charge in [0.05, 0.1) is 0 Å². The predicted octanol–water partition coefficient (Wildman–Crippen LogP) is 1.39. The maximum Gasteiger partial charge on any atom is 0.301 e. The number of hydrogen-bond donors (Lipinski definition) is 0. The van der Waals surface area contributed by atoms with Gasteiger partial charge in [-0.25, -0.2) is 4.18 Å². The van der Waals surface area contributed by atoms with Crippen molar-refractivity contribution in [2.45, 2.75) is 11.2 Å². The van der Waals surface area contributed by atoms with E-state index in [-0.39, 0.29) is 10.5 Å². The van der Waals surface area contributed by atoms with Crippen LogP contribution in [0.3, 0.4) is 0 Å². The second-order valence-electron chi connectivity index (χ2n) is 4.48.